The molecule has 2 aliphatic heterocycles. The van der Waals surface area contributed by atoms with E-state index < -0.39 is 10.0 Å². The van der Waals surface area contributed by atoms with E-state index in [-0.39, 0.29) is 17.9 Å². The number of ether oxygens (including phenoxy) is 1. The van der Waals surface area contributed by atoms with Gasteiger partial charge < -0.3 is 10.1 Å². The van der Waals surface area contributed by atoms with Crippen LogP contribution in [0, 0.1) is 5.92 Å². The van der Waals surface area contributed by atoms with Crippen molar-refractivity contribution in [3.8, 4) is 0 Å². The van der Waals surface area contributed by atoms with Gasteiger partial charge in [0.05, 0.1) is 18.5 Å². The molecule has 1 unspecified atom stereocenters. The van der Waals surface area contributed by atoms with Gasteiger partial charge in [-0.1, -0.05) is 0 Å². The molecule has 0 aliphatic carbocycles. The van der Waals surface area contributed by atoms with Crippen LogP contribution in [0.5, 0.6) is 0 Å². The van der Waals surface area contributed by atoms with Crippen LogP contribution >= 0.6 is 0 Å². The fraction of sp³-hybridized carbons (Fsp3) is 1.00. The van der Waals surface area contributed by atoms with Crippen molar-refractivity contribution in [3.63, 3.8) is 0 Å². The molecule has 5 nitrogen and oxygen atoms in total. The highest BCUT2D eigenvalue weighted by Gasteiger charge is 2.38. The Hall–Kier alpha value is -0.170. The molecule has 1 N–H and O–H groups in total. The lowest BCUT2D eigenvalue weighted by Crippen LogP contribution is -2.45. The van der Waals surface area contributed by atoms with Crippen molar-refractivity contribution in [2.45, 2.75) is 51.7 Å². The molecule has 0 saturated carbocycles. The molecule has 2 saturated heterocycles. The summed E-state index contributed by atoms with van der Waals surface area (Å²) < 4.78 is 32.2. The highest BCUT2D eigenvalue weighted by molar-refractivity contribution is 7.89. The Labute approximate surface area is 123 Å². The van der Waals surface area contributed by atoms with Gasteiger partial charge in [0.25, 0.3) is 0 Å². The maximum Gasteiger partial charge on any atom is 0.216 e. The molecule has 0 amide bonds. The maximum absolute atomic E-state index is 12.5. The molecule has 1 atom stereocenters. The van der Waals surface area contributed by atoms with Crippen molar-refractivity contribution >= 4 is 10.0 Å². The molecular formula is C14H28N2O3S. The number of nitrogens with one attached hydrogen (secondary N) is 1. The zero-order chi connectivity index (χ0) is 14.6. The Morgan fingerprint density at radius 3 is 2.60 bits per heavy atom. The zero-order valence-electron chi connectivity index (χ0n) is 12.7. The van der Waals surface area contributed by atoms with E-state index in [0.29, 0.717) is 19.1 Å². The quantitative estimate of drug-likeness (QED) is 0.801. The lowest BCUT2D eigenvalue weighted by molar-refractivity contribution is 0.0904. The van der Waals surface area contributed by atoms with Crippen LogP contribution in [0.3, 0.4) is 0 Å². The number of rotatable bonds is 6. The molecule has 0 radical (unpaired) electrons. The Morgan fingerprint density at radius 2 is 1.95 bits per heavy atom. The first kappa shape index (κ1) is 16.2. The second-order valence-corrected chi connectivity index (χ2v) is 8.18. The summed E-state index contributed by atoms with van der Waals surface area (Å²) in [7, 11) is -3.17. The van der Waals surface area contributed by atoms with E-state index in [1.165, 1.54) is 0 Å². The van der Waals surface area contributed by atoms with Gasteiger partial charge in [-0.2, -0.15) is 4.31 Å². The van der Waals surface area contributed by atoms with Gasteiger partial charge in [0.2, 0.25) is 10.0 Å². The molecule has 2 fully saturated rings. The van der Waals surface area contributed by atoms with Crippen molar-refractivity contribution in [1.82, 2.24) is 9.62 Å². The van der Waals surface area contributed by atoms with Crippen LogP contribution in [-0.4, -0.2) is 56.9 Å². The minimum Gasteiger partial charge on any atom is -0.378 e. The molecule has 0 spiro atoms. The summed E-state index contributed by atoms with van der Waals surface area (Å²) in [6.45, 7) is 6.89. The fourth-order valence-corrected chi connectivity index (χ4v) is 4.96. The first-order valence-corrected chi connectivity index (χ1v) is 9.43. The van der Waals surface area contributed by atoms with Gasteiger partial charge in [0.15, 0.2) is 0 Å². The van der Waals surface area contributed by atoms with E-state index >= 15 is 0 Å². The summed E-state index contributed by atoms with van der Waals surface area (Å²) in [6.07, 6.45) is 4.30. The third kappa shape index (κ3) is 4.16. The van der Waals surface area contributed by atoms with E-state index in [0.717, 1.165) is 38.8 Å². The van der Waals surface area contributed by atoms with Gasteiger partial charge >= 0.3 is 0 Å². The SMILES string of the molecule is CC(C)OCCS(=O)(=O)N1CCCC1C1CCNCC1. The number of sulfonamides is 1. The van der Waals surface area contributed by atoms with Gasteiger partial charge in [-0.3, -0.25) is 0 Å². The van der Waals surface area contributed by atoms with Crippen molar-refractivity contribution in [1.29, 1.82) is 0 Å². The molecule has 0 aromatic carbocycles. The predicted octanol–water partition coefficient (Wildman–Crippen LogP) is 1.21. The number of nitrogens with zero attached hydrogens (tertiary/aromatic N) is 1. The fourth-order valence-electron chi connectivity index (χ4n) is 3.32. The summed E-state index contributed by atoms with van der Waals surface area (Å²) in [5.74, 6) is 0.645. The van der Waals surface area contributed by atoms with Crippen LogP contribution in [0.25, 0.3) is 0 Å². The normalized spacial score (nSPS) is 26.4. The third-order valence-corrected chi connectivity index (χ3v) is 6.18. The molecule has 2 aliphatic rings. The van der Waals surface area contributed by atoms with Crippen molar-refractivity contribution in [2.24, 2.45) is 5.92 Å². The van der Waals surface area contributed by atoms with Crippen LogP contribution < -0.4 is 5.32 Å². The Kier molecular flexibility index (Phi) is 5.84. The van der Waals surface area contributed by atoms with Gasteiger partial charge in [-0.15, -0.1) is 0 Å². The maximum atomic E-state index is 12.5. The topological polar surface area (TPSA) is 58.6 Å². The van der Waals surface area contributed by atoms with E-state index in [1.807, 2.05) is 13.8 Å². The molecule has 0 aromatic rings. The molecule has 6 heteroatoms. The highest BCUT2D eigenvalue weighted by Crippen LogP contribution is 2.31. The van der Waals surface area contributed by atoms with Crippen molar-refractivity contribution in [2.75, 3.05) is 32.0 Å². The zero-order valence-corrected chi connectivity index (χ0v) is 13.5. The van der Waals surface area contributed by atoms with Gasteiger partial charge in [0.1, 0.15) is 0 Å². The van der Waals surface area contributed by atoms with Crippen LogP contribution in [0.4, 0.5) is 0 Å². The number of hydrogen-bond donors (Lipinski definition) is 1. The molecule has 2 heterocycles. The summed E-state index contributed by atoms with van der Waals surface area (Å²) >= 11 is 0. The van der Waals surface area contributed by atoms with Crippen LogP contribution in [0.1, 0.15) is 39.5 Å². The Balaban J connectivity index is 1.94. The monoisotopic (exact) mass is 304 g/mol. The summed E-state index contributed by atoms with van der Waals surface area (Å²) in [5.41, 5.74) is 0. The standard InChI is InChI=1S/C14H28N2O3S/c1-12(2)19-10-11-20(17,18)16-9-3-4-14(16)13-5-7-15-8-6-13/h12-15H,3-11H2,1-2H3. The Morgan fingerprint density at radius 1 is 1.25 bits per heavy atom. The number of hydrogen-bond acceptors (Lipinski definition) is 4. The Bertz CT molecular complexity index is 391. The van der Waals surface area contributed by atoms with E-state index in [9.17, 15) is 8.42 Å². The van der Waals surface area contributed by atoms with Crippen LogP contribution in [-0.2, 0) is 14.8 Å². The summed E-state index contributed by atoms with van der Waals surface area (Å²) in [4.78, 5) is 0. The van der Waals surface area contributed by atoms with Crippen molar-refractivity contribution in [3.05, 3.63) is 0 Å². The van der Waals surface area contributed by atoms with E-state index in [1.54, 1.807) is 4.31 Å². The lowest BCUT2D eigenvalue weighted by Gasteiger charge is -2.33. The van der Waals surface area contributed by atoms with Gasteiger partial charge in [-0.25, -0.2) is 8.42 Å². The highest BCUT2D eigenvalue weighted by atomic mass is 32.2. The van der Waals surface area contributed by atoms with E-state index in [4.69, 9.17) is 4.74 Å². The van der Waals surface area contributed by atoms with Crippen molar-refractivity contribution < 1.29 is 13.2 Å². The molecule has 0 aromatic heterocycles. The number of piperidine rings is 1. The predicted molar refractivity (Wildman–Crippen MR) is 80.2 cm³/mol. The molecule has 20 heavy (non-hydrogen) atoms. The summed E-state index contributed by atoms with van der Waals surface area (Å²) in [6, 6.07) is 0.223. The van der Waals surface area contributed by atoms with Gasteiger partial charge in [0, 0.05) is 12.6 Å². The van der Waals surface area contributed by atoms with Gasteiger partial charge in [-0.05, 0) is 58.5 Å². The summed E-state index contributed by atoms with van der Waals surface area (Å²) in [5, 5.41) is 3.35. The first-order chi connectivity index (χ1) is 9.50. The smallest absolute Gasteiger partial charge is 0.216 e. The minimum absolute atomic E-state index is 0.0870. The molecular weight excluding hydrogens is 276 g/mol. The second-order valence-electron chi connectivity index (χ2n) is 6.14. The minimum atomic E-state index is -3.17. The third-order valence-electron chi connectivity index (χ3n) is 4.33. The molecule has 0 bridgehead atoms. The first-order valence-electron chi connectivity index (χ1n) is 7.82. The van der Waals surface area contributed by atoms with Crippen LogP contribution in [0.15, 0.2) is 0 Å². The average Bonchev–Trinajstić information content (AvgIpc) is 2.89. The van der Waals surface area contributed by atoms with Crippen LogP contribution in [0.2, 0.25) is 0 Å². The largest absolute Gasteiger partial charge is 0.378 e. The second kappa shape index (κ2) is 7.20. The molecule has 118 valence electrons. The van der Waals surface area contributed by atoms with E-state index in [2.05, 4.69) is 5.32 Å². The lowest BCUT2D eigenvalue weighted by atomic mass is 9.89. The average molecular weight is 304 g/mol. The molecule has 2 rings (SSSR count).